The number of fused-ring (bicyclic) bond motifs is 1. The van der Waals surface area contributed by atoms with Gasteiger partial charge in [0.2, 0.25) is 5.91 Å². The number of hydrogen-bond donors (Lipinski definition) is 0. The smallest absolute Gasteiger partial charge is 0.242 e. The van der Waals surface area contributed by atoms with Gasteiger partial charge >= 0.3 is 0 Å². The van der Waals surface area contributed by atoms with Crippen LogP contribution >= 0.6 is 0 Å². The van der Waals surface area contributed by atoms with Crippen LogP contribution in [0.4, 0.5) is 10.1 Å². The molecule has 0 saturated carbocycles. The van der Waals surface area contributed by atoms with Crippen molar-refractivity contribution in [3.63, 3.8) is 0 Å². The van der Waals surface area contributed by atoms with Gasteiger partial charge in [0.25, 0.3) is 0 Å². The lowest BCUT2D eigenvalue weighted by molar-refractivity contribution is -0.129. The Balaban J connectivity index is 2.23. The van der Waals surface area contributed by atoms with Crippen molar-refractivity contribution in [2.24, 2.45) is 0 Å². The summed E-state index contributed by atoms with van der Waals surface area (Å²) in [5.74, 6) is -0.130. The van der Waals surface area contributed by atoms with Gasteiger partial charge in [-0.2, -0.15) is 0 Å². The molecule has 0 saturated heterocycles. The molecule has 110 valence electrons. The van der Waals surface area contributed by atoms with Crippen molar-refractivity contribution in [3.8, 4) is 0 Å². The second kappa shape index (κ2) is 6.25. The van der Waals surface area contributed by atoms with Crippen molar-refractivity contribution >= 4 is 11.6 Å². The minimum Gasteiger partial charge on any atom is -0.360 e. The highest BCUT2D eigenvalue weighted by atomic mass is 19.1. The number of anilines is 1. The molecule has 1 amide bonds. The number of carbonyl (C=O) groups excluding carboxylic acids is 1. The molecule has 1 aliphatic heterocycles. The van der Waals surface area contributed by atoms with Gasteiger partial charge in [-0.1, -0.05) is 6.07 Å². The Hall–Kier alpha value is -1.58. The van der Waals surface area contributed by atoms with Gasteiger partial charge in [-0.3, -0.25) is 4.79 Å². The molecule has 0 spiro atoms. The van der Waals surface area contributed by atoms with Crippen LogP contribution in [0.5, 0.6) is 0 Å². The molecule has 0 aromatic heterocycles. The Bertz CT molecular complexity index is 497. The Morgan fingerprint density at radius 2 is 2.05 bits per heavy atom. The number of hydrogen-bond acceptors (Lipinski definition) is 2. The number of likely N-dealkylation sites (N-methyl/N-ethyl adjacent to an activating group) is 1. The lowest BCUT2D eigenvalue weighted by atomic mass is 9.99. The van der Waals surface area contributed by atoms with Gasteiger partial charge in [-0.15, -0.1) is 0 Å². The van der Waals surface area contributed by atoms with Crippen LogP contribution in [0.2, 0.25) is 0 Å². The normalized spacial score (nSPS) is 14.1. The molecular weight excluding hydrogens is 255 g/mol. The van der Waals surface area contributed by atoms with E-state index < -0.39 is 0 Å². The Kier molecular flexibility index (Phi) is 4.63. The van der Waals surface area contributed by atoms with E-state index in [1.165, 1.54) is 0 Å². The van der Waals surface area contributed by atoms with Gasteiger partial charge in [0.1, 0.15) is 5.82 Å². The highest BCUT2D eigenvalue weighted by molar-refractivity contribution is 5.82. The maximum Gasteiger partial charge on any atom is 0.242 e. The summed E-state index contributed by atoms with van der Waals surface area (Å²) in [6.45, 7) is 8.27. The molecule has 1 aromatic rings. The van der Waals surface area contributed by atoms with E-state index in [0.29, 0.717) is 18.8 Å². The molecule has 0 fully saturated rings. The molecule has 3 nitrogen and oxygen atoms in total. The van der Waals surface area contributed by atoms with Crippen molar-refractivity contribution in [1.29, 1.82) is 0 Å². The number of amides is 1. The molecule has 0 atom stereocenters. The first-order valence-corrected chi connectivity index (χ1v) is 7.38. The third-order valence-electron chi connectivity index (χ3n) is 3.92. The number of aryl methyl sites for hydroxylation is 2. The molecule has 0 bridgehead atoms. The molecule has 20 heavy (non-hydrogen) atoms. The van der Waals surface area contributed by atoms with Gasteiger partial charge in [-0.05, 0) is 50.8 Å². The fraction of sp³-hybridized carbons (Fsp3) is 0.562. The molecule has 1 aromatic carbocycles. The van der Waals surface area contributed by atoms with Crippen molar-refractivity contribution in [3.05, 3.63) is 29.1 Å². The first kappa shape index (κ1) is 14.8. The van der Waals surface area contributed by atoms with Gasteiger partial charge in [0, 0.05) is 19.6 Å². The van der Waals surface area contributed by atoms with Gasteiger partial charge in [-0.25, -0.2) is 4.39 Å². The summed E-state index contributed by atoms with van der Waals surface area (Å²) >= 11 is 0. The van der Waals surface area contributed by atoms with E-state index >= 15 is 0 Å². The van der Waals surface area contributed by atoms with Crippen LogP contribution in [0, 0.1) is 12.7 Å². The van der Waals surface area contributed by atoms with Gasteiger partial charge < -0.3 is 9.80 Å². The van der Waals surface area contributed by atoms with E-state index in [4.69, 9.17) is 0 Å². The number of nitrogens with zero attached hydrogens (tertiary/aromatic N) is 2. The van der Waals surface area contributed by atoms with Crippen LogP contribution in [0.1, 0.15) is 31.4 Å². The zero-order valence-electron chi connectivity index (χ0n) is 12.6. The van der Waals surface area contributed by atoms with Gasteiger partial charge in [0.05, 0.1) is 12.2 Å². The molecular formula is C16H23FN2O. The first-order valence-electron chi connectivity index (χ1n) is 7.38. The first-order chi connectivity index (χ1) is 9.56. The standard InChI is InChI=1S/C16H23FN2O/c1-4-18(5-2)15(20)11-19-8-6-7-13-9-12(3)10-14(17)16(13)19/h9-10H,4-8,11H2,1-3H3. The van der Waals surface area contributed by atoms with Crippen molar-refractivity contribution in [2.45, 2.75) is 33.6 Å². The molecule has 0 aliphatic carbocycles. The predicted octanol–water partition coefficient (Wildman–Crippen LogP) is 2.76. The summed E-state index contributed by atoms with van der Waals surface area (Å²) in [5, 5.41) is 0. The third kappa shape index (κ3) is 2.94. The van der Waals surface area contributed by atoms with Crippen molar-refractivity contribution < 1.29 is 9.18 Å². The van der Waals surface area contributed by atoms with E-state index in [2.05, 4.69) is 0 Å². The summed E-state index contributed by atoms with van der Waals surface area (Å²) in [5.41, 5.74) is 2.60. The summed E-state index contributed by atoms with van der Waals surface area (Å²) in [6, 6.07) is 3.59. The quantitative estimate of drug-likeness (QED) is 0.845. The molecule has 2 rings (SSSR count). The Morgan fingerprint density at radius 1 is 1.35 bits per heavy atom. The minimum atomic E-state index is -0.202. The van der Waals surface area contributed by atoms with Crippen LogP contribution in [0.15, 0.2) is 12.1 Å². The lowest BCUT2D eigenvalue weighted by Crippen LogP contribution is -2.42. The average Bonchev–Trinajstić information content (AvgIpc) is 2.39. The second-order valence-corrected chi connectivity index (χ2v) is 5.35. The largest absolute Gasteiger partial charge is 0.360 e. The highest BCUT2D eigenvalue weighted by Gasteiger charge is 2.24. The predicted molar refractivity (Wildman–Crippen MR) is 79.6 cm³/mol. The molecule has 0 N–H and O–H groups in total. The van der Waals surface area contributed by atoms with E-state index in [-0.39, 0.29) is 18.3 Å². The zero-order chi connectivity index (χ0) is 14.7. The number of halogens is 1. The van der Waals surface area contributed by atoms with E-state index in [9.17, 15) is 9.18 Å². The molecule has 0 radical (unpaired) electrons. The monoisotopic (exact) mass is 278 g/mol. The van der Waals surface area contributed by atoms with Crippen molar-refractivity contribution in [2.75, 3.05) is 31.1 Å². The highest BCUT2D eigenvalue weighted by Crippen LogP contribution is 2.31. The summed E-state index contributed by atoms with van der Waals surface area (Å²) in [6.07, 6.45) is 1.87. The maximum absolute atomic E-state index is 14.2. The molecule has 1 aliphatic rings. The molecule has 1 heterocycles. The van der Waals surface area contributed by atoms with Crippen LogP contribution in [0.25, 0.3) is 0 Å². The SMILES string of the molecule is CCN(CC)C(=O)CN1CCCc2cc(C)cc(F)c21. The van der Waals surface area contributed by atoms with Crippen LogP contribution < -0.4 is 4.90 Å². The summed E-state index contributed by atoms with van der Waals surface area (Å²) in [7, 11) is 0. The van der Waals surface area contributed by atoms with Gasteiger partial charge in [0.15, 0.2) is 0 Å². The van der Waals surface area contributed by atoms with Crippen LogP contribution in [0.3, 0.4) is 0 Å². The minimum absolute atomic E-state index is 0.0721. The number of rotatable bonds is 4. The lowest BCUT2D eigenvalue weighted by Gasteiger charge is -2.33. The fourth-order valence-corrected chi connectivity index (χ4v) is 2.92. The topological polar surface area (TPSA) is 23.6 Å². The van der Waals surface area contributed by atoms with Crippen molar-refractivity contribution in [1.82, 2.24) is 4.90 Å². The summed E-state index contributed by atoms with van der Waals surface area (Å²) in [4.78, 5) is 15.9. The van der Waals surface area contributed by atoms with E-state index in [0.717, 1.165) is 30.5 Å². The molecule has 0 unspecified atom stereocenters. The average molecular weight is 278 g/mol. The second-order valence-electron chi connectivity index (χ2n) is 5.35. The van der Waals surface area contributed by atoms with Crippen LogP contribution in [-0.4, -0.2) is 37.0 Å². The fourth-order valence-electron chi connectivity index (χ4n) is 2.92. The number of benzene rings is 1. The van der Waals surface area contributed by atoms with E-state index in [1.54, 1.807) is 11.0 Å². The third-order valence-corrected chi connectivity index (χ3v) is 3.92. The maximum atomic E-state index is 14.2. The number of carbonyl (C=O) groups is 1. The van der Waals surface area contributed by atoms with Crippen LogP contribution in [-0.2, 0) is 11.2 Å². The Morgan fingerprint density at radius 3 is 2.70 bits per heavy atom. The summed E-state index contributed by atoms with van der Waals surface area (Å²) < 4.78 is 14.2. The Labute approximate surface area is 120 Å². The zero-order valence-corrected chi connectivity index (χ0v) is 12.6. The van der Waals surface area contributed by atoms with E-state index in [1.807, 2.05) is 31.7 Å². The molecule has 4 heteroatoms.